The van der Waals surface area contributed by atoms with Gasteiger partial charge in [0.2, 0.25) is 0 Å². The fraction of sp³-hybridized carbons (Fsp3) is 0.0323. The fourth-order valence-corrected chi connectivity index (χ4v) is 5.41. The van der Waals surface area contributed by atoms with Gasteiger partial charge in [0.05, 0.1) is 16.7 Å². The summed E-state index contributed by atoms with van der Waals surface area (Å²) < 4.78 is 4.75. The van der Waals surface area contributed by atoms with Crippen LogP contribution in [0.5, 0.6) is 0 Å². The van der Waals surface area contributed by atoms with E-state index in [2.05, 4.69) is 131 Å². The molecule has 0 saturated heterocycles. The topological polar surface area (TPSA) is 9.86 Å². The minimum absolute atomic E-state index is 1.20. The van der Waals surface area contributed by atoms with E-state index in [0.29, 0.717) is 0 Å². The summed E-state index contributed by atoms with van der Waals surface area (Å²) in [7, 11) is 2.17. The van der Waals surface area contributed by atoms with Crippen molar-refractivity contribution in [3.63, 3.8) is 0 Å². The minimum atomic E-state index is 1.20. The van der Waals surface area contributed by atoms with Gasteiger partial charge in [0.1, 0.15) is 0 Å². The fourth-order valence-electron chi connectivity index (χ4n) is 5.41. The lowest BCUT2D eigenvalue weighted by atomic mass is 10.0. The SMILES string of the molecule is Cn1c2ccccc2c2cc3c(cc21)c1ccccc1n3-c1ccccc1-c1ccccc1. The molecule has 0 atom stereocenters. The van der Waals surface area contributed by atoms with E-state index in [4.69, 9.17) is 0 Å². The van der Waals surface area contributed by atoms with Crippen molar-refractivity contribution in [1.29, 1.82) is 0 Å². The molecule has 2 heteroatoms. The molecule has 7 rings (SSSR count). The number of hydrogen-bond donors (Lipinski definition) is 0. The molecule has 5 aromatic carbocycles. The largest absolute Gasteiger partial charge is 0.344 e. The first-order valence-electron chi connectivity index (χ1n) is 11.4. The van der Waals surface area contributed by atoms with E-state index in [1.54, 1.807) is 0 Å². The van der Waals surface area contributed by atoms with E-state index in [9.17, 15) is 0 Å². The lowest BCUT2D eigenvalue weighted by Gasteiger charge is -2.14. The molecule has 0 bridgehead atoms. The number of para-hydroxylation sites is 3. The van der Waals surface area contributed by atoms with E-state index >= 15 is 0 Å². The zero-order valence-corrected chi connectivity index (χ0v) is 18.4. The van der Waals surface area contributed by atoms with E-state index in [1.165, 1.54) is 60.4 Å². The molecule has 0 aliphatic heterocycles. The molecule has 0 unspecified atom stereocenters. The lowest BCUT2D eigenvalue weighted by Crippen LogP contribution is -1.97. The second-order valence-electron chi connectivity index (χ2n) is 8.70. The maximum Gasteiger partial charge on any atom is 0.0549 e. The quantitative estimate of drug-likeness (QED) is 0.266. The summed E-state index contributed by atoms with van der Waals surface area (Å²) in [5, 5.41) is 5.15. The molecule has 0 saturated carbocycles. The maximum absolute atomic E-state index is 2.44. The Morgan fingerprint density at radius 2 is 1.03 bits per heavy atom. The number of aryl methyl sites for hydroxylation is 1. The molecule has 2 heterocycles. The number of hydrogen-bond acceptors (Lipinski definition) is 0. The Balaban J connectivity index is 1.67. The van der Waals surface area contributed by atoms with E-state index < -0.39 is 0 Å². The van der Waals surface area contributed by atoms with Crippen molar-refractivity contribution in [2.75, 3.05) is 0 Å². The van der Waals surface area contributed by atoms with Gasteiger partial charge in [0.25, 0.3) is 0 Å². The highest BCUT2D eigenvalue weighted by molar-refractivity contribution is 6.18. The number of nitrogens with zero attached hydrogens (tertiary/aromatic N) is 2. The van der Waals surface area contributed by atoms with Gasteiger partial charge in [-0.2, -0.15) is 0 Å². The summed E-state index contributed by atoms with van der Waals surface area (Å²) >= 11 is 0. The Hall–Kier alpha value is -4.30. The molecular weight excluding hydrogens is 400 g/mol. The summed E-state index contributed by atoms with van der Waals surface area (Å²) in [6.45, 7) is 0. The molecule has 7 aromatic rings. The van der Waals surface area contributed by atoms with Crippen molar-refractivity contribution in [3.8, 4) is 16.8 Å². The van der Waals surface area contributed by atoms with Gasteiger partial charge in [-0.05, 0) is 35.9 Å². The summed E-state index contributed by atoms with van der Waals surface area (Å²) in [6.07, 6.45) is 0. The molecule has 156 valence electrons. The van der Waals surface area contributed by atoms with Crippen LogP contribution in [0.1, 0.15) is 0 Å². The van der Waals surface area contributed by atoms with Gasteiger partial charge in [-0.3, -0.25) is 0 Å². The molecule has 2 aromatic heterocycles. The maximum atomic E-state index is 2.44. The van der Waals surface area contributed by atoms with Crippen LogP contribution in [0.25, 0.3) is 60.4 Å². The van der Waals surface area contributed by atoms with Crippen molar-refractivity contribution in [1.82, 2.24) is 9.13 Å². The van der Waals surface area contributed by atoms with Crippen LogP contribution in [0.15, 0.2) is 115 Å². The third-order valence-electron chi connectivity index (χ3n) is 6.94. The average Bonchev–Trinajstić information content (AvgIpc) is 3.35. The zero-order valence-electron chi connectivity index (χ0n) is 18.4. The van der Waals surface area contributed by atoms with Gasteiger partial charge in [-0.25, -0.2) is 0 Å². The van der Waals surface area contributed by atoms with Crippen molar-refractivity contribution >= 4 is 43.6 Å². The molecule has 0 spiro atoms. The molecule has 0 radical (unpaired) electrons. The highest BCUT2D eigenvalue weighted by Crippen LogP contribution is 2.39. The van der Waals surface area contributed by atoms with E-state index in [0.717, 1.165) is 0 Å². The number of fused-ring (bicyclic) bond motifs is 6. The molecule has 0 aliphatic rings. The highest BCUT2D eigenvalue weighted by atomic mass is 15.0. The second-order valence-corrected chi connectivity index (χ2v) is 8.70. The van der Waals surface area contributed by atoms with Crippen LogP contribution < -0.4 is 0 Å². The molecular formula is C31H22N2. The standard InChI is InChI=1S/C31H22N2/c1-32-27-16-8-6-14-23(27)25-20-31-26(19-30(25)32)24-15-7-10-18-29(24)33(31)28-17-9-5-13-22(28)21-11-3-2-4-12-21/h2-20H,1H3. The van der Waals surface area contributed by atoms with Crippen LogP contribution >= 0.6 is 0 Å². The zero-order chi connectivity index (χ0) is 21.9. The number of benzene rings is 5. The highest BCUT2D eigenvalue weighted by Gasteiger charge is 2.18. The van der Waals surface area contributed by atoms with E-state index in [-0.39, 0.29) is 0 Å². The normalized spacial score (nSPS) is 11.8. The molecule has 0 N–H and O–H groups in total. The van der Waals surface area contributed by atoms with Gasteiger partial charge in [-0.15, -0.1) is 0 Å². The smallest absolute Gasteiger partial charge is 0.0549 e. The van der Waals surface area contributed by atoms with Crippen LogP contribution in [0, 0.1) is 0 Å². The van der Waals surface area contributed by atoms with Gasteiger partial charge >= 0.3 is 0 Å². The first-order valence-corrected chi connectivity index (χ1v) is 11.4. The summed E-state index contributed by atoms with van der Waals surface area (Å²) in [5.74, 6) is 0. The summed E-state index contributed by atoms with van der Waals surface area (Å²) in [5.41, 5.74) is 8.67. The van der Waals surface area contributed by atoms with Crippen LogP contribution in [0.3, 0.4) is 0 Å². The van der Waals surface area contributed by atoms with Crippen LogP contribution in [0.4, 0.5) is 0 Å². The predicted molar refractivity (Wildman–Crippen MR) is 140 cm³/mol. The molecule has 0 aliphatic carbocycles. The van der Waals surface area contributed by atoms with Gasteiger partial charge < -0.3 is 9.13 Å². The van der Waals surface area contributed by atoms with Crippen molar-refractivity contribution < 1.29 is 0 Å². The minimum Gasteiger partial charge on any atom is -0.344 e. The predicted octanol–water partition coefficient (Wildman–Crippen LogP) is 8.10. The van der Waals surface area contributed by atoms with Gasteiger partial charge in [-0.1, -0.05) is 84.9 Å². The number of aromatic nitrogens is 2. The van der Waals surface area contributed by atoms with Gasteiger partial charge in [0.15, 0.2) is 0 Å². The molecule has 33 heavy (non-hydrogen) atoms. The van der Waals surface area contributed by atoms with Crippen molar-refractivity contribution in [2.24, 2.45) is 7.05 Å². The second kappa shape index (κ2) is 6.85. The van der Waals surface area contributed by atoms with E-state index in [1.807, 2.05) is 0 Å². The Kier molecular flexibility index (Phi) is 3.80. The first kappa shape index (κ1) is 18.3. The van der Waals surface area contributed by atoms with Crippen LogP contribution in [-0.4, -0.2) is 9.13 Å². The Bertz CT molecular complexity index is 1820. The first-order chi connectivity index (χ1) is 16.3. The lowest BCUT2D eigenvalue weighted by molar-refractivity contribution is 1.02. The van der Waals surface area contributed by atoms with Crippen LogP contribution in [0.2, 0.25) is 0 Å². The van der Waals surface area contributed by atoms with Crippen molar-refractivity contribution in [3.05, 3.63) is 115 Å². The summed E-state index contributed by atoms with van der Waals surface area (Å²) in [6, 6.07) is 41.6. The van der Waals surface area contributed by atoms with Crippen molar-refractivity contribution in [2.45, 2.75) is 0 Å². The molecule has 2 nitrogen and oxygen atoms in total. The van der Waals surface area contributed by atoms with Crippen LogP contribution in [-0.2, 0) is 7.05 Å². The Morgan fingerprint density at radius 1 is 0.455 bits per heavy atom. The Labute approximate surface area is 191 Å². The monoisotopic (exact) mass is 422 g/mol. The average molecular weight is 423 g/mol. The summed E-state index contributed by atoms with van der Waals surface area (Å²) in [4.78, 5) is 0. The Morgan fingerprint density at radius 3 is 1.85 bits per heavy atom. The van der Waals surface area contributed by atoms with Gasteiger partial charge in [0, 0.05) is 45.2 Å². The third kappa shape index (κ3) is 2.55. The number of rotatable bonds is 2. The molecule has 0 amide bonds. The molecule has 0 fully saturated rings. The third-order valence-corrected chi connectivity index (χ3v) is 6.94.